The zero-order valence-electron chi connectivity index (χ0n) is 13.2. The third-order valence-electron chi connectivity index (χ3n) is 4.23. The van der Waals surface area contributed by atoms with E-state index in [1.165, 1.54) is 0 Å². The number of hydrogen-bond donors (Lipinski definition) is 0. The van der Waals surface area contributed by atoms with Gasteiger partial charge in [-0.25, -0.2) is 0 Å². The third-order valence-corrected chi connectivity index (χ3v) is 4.61. The largest absolute Gasteiger partial charge is 0.495 e. The molecular weight excluding hydrogens is 308 g/mol. The maximum absolute atomic E-state index is 12.6. The van der Waals surface area contributed by atoms with Crippen LogP contribution in [0, 0.1) is 0 Å². The molecule has 1 aromatic rings. The first-order chi connectivity index (χ1) is 11.2. The molecule has 3 rings (SSSR count). The van der Waals surface area contributed by atoms with E-state index in [4.69, 9.17) is 17.0 Å². The van der Waals surface area contributed by atoms with Gasteiger partial charge in [-0.05, 0) is 18.2 Å². The molecule has 1 amide bonds. The predicted octanol–water partition coefficient (Wildman–Crippen LogP) is 2.60. The van der Waals surface area contributed by atoms with Gasteiger partial charge in [0, 0.05) is 37.5 Å². The number of nitrogens with zero attached hydrogens (tertiary/aromatic N) is 2. The van der Waals surface area contributed by atoms with Gasteiger partial charge >= 0.3 is 0 Å². The number of piperazine rings is 1. The van der Waals surface area contributed by atoms with Crippen LogP contribution >= 0.6 is 12.2 Å². The van der Waals surface area contributed by atoms with E-state index in [1.54, 1.807) is 7.11 Å². The minimum atomic E-state index is 0.0547. The molecule has 1 heterocycles. The smallest absolute Gasteiger partial charge is 0.255 e. The van der Waals surface area contributed by atoms with Crippen LogP contribution < -0.4 is 9.64 Å². The molecule has 1 aliphatic carbocycles. The molecule has 0 unspecified atom stereocenters. The maximum atomic E-state index is 12.6. The Balaban J connectivity index is 1.67. The Hall–Kier alpha value is -2.14. The first-order valence-electron chi connectivity index (χ1n) is 7.78. The summed E-state index contributed by atoms with van der Waals surface area (Å²) in [5, 5.41) is 0. The normalized spacial score (nSPS) is 18.0. The highest BCUT2D eigenvalue weighted by molar-refractivity contribution is 7.81. The Morgan fingerprint density at radius 3 is 2.61 bits per heavy atom. The molecule has 0 N–H and O–H groups in total. The summed E-state index contributed by atoms with van der Waals surface area (Å²) >= 11 is 5.31. The number of carbonyl (C=O) groups is 1. The molecule has 1 aromatic carbocycles. The number of para-hydroxylation sites is 2. The van der Waals surface area contributed by atoms with Crippen molar-refractivity contribution in [3.8, 4) is 5.75 Å². The number of benzene rings is 1. The molecule has 0 radical (unpaired) electrons. The molecule has 5 heteroatoms. The van der Waals surface area contributed by atoms with E-state index in [2.05, 4.69) is 11.0 Å². The average Bonchev–Trinajstić information content (AvgIpc) is 2.61. The van der Waals surface area contributed by atoms with Crippen molar-refractivity contribution in [1.29, 1.82) is 0 Å². The second kappa shape index (κ2) is 6.96. The monoisotopic (exact) mass is 328 g/mol. The zero-order valence-corrected chi connectivity index (χ0v) is 14.0. The highest BCUT2D eigenvalue weighted by Crippen LogP contribution is 2.28. The van der Waals surface area contributed by atoms with Crippen LogP contribution in [0.4, 0.5) is 5.69 Å². The molecule has 0 aromatic heterocycles. The minimum Gasteiger partial charge on any atom is -0.495 e. The topological polar surface area (TPSA) is 32.8 Å². The average molecular weight is 328 g/mol. The number of thiocarbonyl (C=S) groups is 1. The lowest BCUT2D eigenvalue weighted by molar-refractivity contribution is -0.126. The molecule has 0 bridgehead atoms. The van der Waals surface area contributed by atoms with Crippen molar-refractivity contribution in [2.45, 2.75) is 6.42 Å². The Kier molecular flexibility index (Phi) is 4.76. The van der Waals surface area contributed by atoms with Gasteiger partial charge in [0.2, 0.25) is 0 Å². The van der Waals surface area contributed by atoms with Gasteiger partial charge in [0.25, 0.3) is 5.91 Å². The van der Waals surface area contributed by atoms with Crippen molar-refractivity contribution in [2.24, 2.45) is 0 Å². The minimum absolute atomic E-state index is 0.0547. The fraction of sp³-hybridized carbons (Fsp3) is 0.333. The Morgan fingerprint density at radius 2 is 1.91 bits per heavy atom. The number of carbonyl (C=O) groups excluding carboxylic acids is 1. The molecule has 23 heavy (non-hydrogen) atoms. The van der Waals surface area contributed by atoms with E-state index in [-0.39, 0.29) is 5.91 Å². The molecule has 120 valence electrons. The van der Waals surface area contributed by atoms with Crippen LogP contribution in [0.1, 0.15) is 6.42 Å². The Morgan fingerprint density at radius 1 is 1.17 bits per heavy atom. The second-order valence-corrected chi connectivity index (χ2v) is 6.08. The first kappa shape index (κ1) is 15.7. The number of anilines is 1. The van der Waals surface area contributed by atoms with E-state index in [0.717, 1.165) is 29.4 Å². The van der Waals surface area contributed by atoms with Gasteiger partial charge in [-0.3, -0.25) is 4.79 Å². The molecule has 1 aliphatic heterocycles. The number of hydrogen-bond acceptors (Lipinski definition) is 4. The SMILES string of the molecule is COc1ccccc1N1CCN(C(=O)C2=CC=CCC2=S)CC1. The van der Waals surface area contributed by atoms with E-state index >= 15 is 0 Å². The van der Waals surface area contributed by atoms with Gasteiger partial charge in [0.05, 0.1) is 18.4 Å². The zero-order chi connectivity index (χ0) is 16.2. The van der Waals surface area contributed by atoms with E-state index in [0.29, 0.717) is 25.1 Å². The van der Waals surface area contributed by atoms with Crippen molar-refractivity contribution in [1.82, 2.24) is 4.90 Å². The summed E-state index contributed by atoms with van der Waals surface area (Å²) in [6, 6.07) is 7.99. The first-order valence-corrected chi connectivity index (χ1v) is 8.19. The molecule has 0 atom stereocenters. The molecular formula is C18H20N2O2S. The number of rotatable bonds is 3. The summed E-state index contributed by atoms with van der Waals surface area (Å²) in [5.41, 5.74) is 1.76. The fourth-order valence-corrected chi connectivity index (χ4v) is 3.20. The van der Waals surface area contributed by atoms with Gasteiger partial charge in [0.1, 0.15) is 5.75 Å². The van der Waals surface area contributed by atoms with E-state index in [9.17, 15) is 4.79 Å². The van der Waals surface area contributed by atoms with Crippen LogP contribution in [0.5, 0.6) is 5.75 Å². The number of methoxy groups -OCH3 is 1. The fourth-order valence-electron chi connectivity index (χ4n) is 2.94. The standard InChI is InChI=1S/C18H20N2O2S/c1-22-16-8-4-3-7-15(16)19-10-12-20(13-11-19)18(21)14-6-2-5-9-17(14)23/h2-8H,9-13H2,1H3. The number of amides is 1. The van der Waals surface area contributed by atoms with Crippen molar-refractivity contribution in [2.75, 3.05) is 38.2 Å². The van der Waals surface area contributed by atoms with Crippen LogP contribution in [0.2, 0.25) is 0 Å². The van der Waals surface area contributed by atoms with Crippen molar-refractivity contribution < 1.29 is 9.53 Å². The van der Waals surface area contributed by atoms with Crippen LogP contribution in [-0.4, -0.2) is 49.0 Å². The van der Waals surface area contributed by atoms with Crippen molar-refractivity contribution >= 4 is 28.7 Å². The van der Waals surface area contributed by atoms with Gasteiger partial charge in [0.15, 0.2) is 0 Å². The maximum Gasteiger partial charge on any atom is 0.255 e. The summed E-state index contributed by atoms with van der Waals surface area (Å²) in [6.07, 6.45) is 6.42. The molecule has 1 fully saturated rings. The lowest BCUT2D eigenvalue weighted by Gasteiger charge is -2.37. The van der Waals surface area contributed by atoms with Gasteiger partial charge in [-0.2, -0.15) is 0 Å². The predicted molar refractivity (Wildman–Crippen MR) is 96.2 cm³/mol. The highest BCUT2D eigenvalue weighted by Gasteiger charge is 2.26. The van der Waals surface area contributed by atoms with E-state index < -0.39 is 0 Å². The third kappa shape index (κ3) is 3.29. The summed E-state index contributed by atoms with van der Waals surface area (Å²) in [7, 11) is 1.68. The molecule has 2 aliphatic rings. The molecule has 0 spiro atoms. The van der Waals surface area contributed by atoms with Gasteiger partial charge in [-0.15, -0.1) is 0 Å². The number of ether oxygens (including phenoxy) is 1. The molecule has 1 saturated heterocycles. The lowest BCUT2D eigenvalue weighted by Crippen LogP contribution is -2.49. The Bertz CT molecular complexity index is 673. The van der Waals surface area contributed by atoms with Crippen LogP contribution in [0.3, 0.4) is 0 Å². The van der Waals surface area contributed by atoms with Crippen molar-refractivity contribution in [3.05, 3.63) is 48.1 Å². The van der Waals surface area contributed by atoms with Gasteiger partial charge < -0.3 is 14.5 Å². The van der Waals surface area contributed by atoms with Crippen LogP contribution in [-0.2, 0) is 4.79 Å². The van der Waals surface area contributed by atoms with Crippen LogP contribution in [0.15, 0.2) is 48.1 Å². The van der Waals surface area contributed by atoms with Crippen LogP contribution in [0.25, 0.3) is 0 Å². The highest BCUT2D eigenvalue weighted by atomic mass is 32.1. The molecule has 4 nitrogen and oxygen atoms in total. The lowest BCUT2D eigenvalue weighted by atomic mass is 10.0. The summed E-state index contributed by atoms with van der Waals surface area (Å²) in [5.74, 6) is 0.924. The second-order valence-electron chi connectivity index (χ2n) is 5.59. The quantitative estimate of drug-likeness (QED) is 0.799. The number of allylic oxidation sites excluding steroid dienone is 3. The summed E-state index contributed by atoms with van der Waals surface area (Å²) in [4.78, 5) is 17.5. The van der Waals surface area contributed by atoms with Crippen molar-refractivity contribution in [3.63, 3.8) is 0 Å². The summed E-state index contributed by atoms with van der Waals surface area (Å²) < 4.78 is 5.43. The Labute approximate surface area is 142 Å². The van der Waals surface area contributed by atoms with E-state index in [1.807, 2.05) is 41.3 Å². The summed E-state index contributed by atoms with van der Waals surface area (Å²) in [6.45, 7) is 2.98. The molecule has 0 saturated carbocycles. The van der Waals surface area contributed by atoms with Gasteiger partial charge in [-0.1, -0.05) is 36.5 Å².